The summed E-state index contributed by atoms with van der Waals surface area (Å²) in [6.07, 6.45) is 1.60. The van der Waals surface area contributed by atoms with E-state index in [9.17, 15) is 9.18 Å². The lowest BCUT2D eigenvalue weighted by Crippen LogP contribution is -2.29. The minimum absolute atomic E-state index is 0.112. The summed E-state index contributed by atoms with van der Waals surface area (Å²) in [5.74, 6) is 0.223. The second-order valence-corrected chi connectivity index (χ2v) is 6.79. The lowest BCUT2D eigenvalue weighted by atomic mass is 10.2. The summed E-state index contributed by atoms with van der Waals surface area (Å²) < 4.78 is 14.9. The van der Waals surface area contributed by atoms with Gasteiger partial charge in [-0.05, 0) is 40.2 Å². The second-order valence-electron chi connectivity index (χ2n) is 4.40. The van der Waals surface area contributed by atoms with Gasteiger partial charge in [-0.3, -0.25) is 9.69 Å². The maximum Gasteiger partial charge on any atom is 0.239 e. The van der Waals surface area contributed by atoms with Crippen LogP contribution in [0, 0.1) is 5.82 Å². The zero-order valence-electron chi connectivity index (χ0n) is 10.6. The molecular formula is C14H9BrClFN2OS. The molecule has 2 heterocycles. The molecule has 3 nitrogen and oxygen atoms in total. The van der Waals surface area contributed by atoms with E-state index in [0.29, 0.717) is 16.4 Å². The van der Waals surface area contributed by atoms with Crippen LogP contribution in [0.5, 0.6) is 0 Å². The molecule has 1 aromatic carbocycles. The van der Waals surface area contributed by atoms with Gasteiger partial charge in [0.2, 0.25) is 5.91 Å². The van der Waals surface area contributed by atoms with Crippen molar-refractivity contribution in [3.63, 3.8) is 0 Å². The summed E-state index contributed by atoms with van der Waals surface area (Å²) in [4.78, 5) is 17.9. The fourth-order valence-corrected chi connectivity index (χ4v) is 3.93. The summed E-state index contributed by atoms with van der Waals surface area (Å²) in [7, 11) is 0. The smallest absolute Gasteiger partial charge is 0.239 e. The van der Waals surface area contributed by atoms with Gasteiger partial charge >= 0.3 is 0 Å². The Bertz CT molecular complexity index is 678. The zero-order chi connectivity index (χ0) is 15.0. The third-order valence-corrected chi connectivity index (χ3v) is 5.05. The highest BCUT2D eigenvalue weighted by Crippen LogP contribution is 2.44. The van der Waals surface area contributed by atoms with Crippen LogP contribution in [-0.2, 0) is 4.79 Å². The maximum atomic E-state index is 14.1. The fraction of sp³-hybridized carbons (Fsp3) is 0.143. The Morgan fingerprint density at radius 3 is 2.86 bits per heavy atom. The Labute approximate surface area is 138 Å². The lowest BCUT2D eigenvalue weighted by Gasteiger charge is -2.24. The molecule has 21 heavy (non-hydrogen) atoms. The van der Waals surface area contributed by atoms with Gasteiger partial charge in [0.15, 0.2) is 0 Å². The van der Waals surface area contributed by atoms with Gasteiger partial charge in [-0.25, -0.2) is 9.37 Å². The van der Waals surface area contributed by atoms with Crippen LogP contribution in [0.25, 0.3) is 0 Å². The molecule has 108 valence electrons. The van der Waals surface area contributed by atoms with Gasteiger partial charge in [-0.1, -0.05) is 17.7 Å². The molecule has 1 saturated heterocycles. The van der Waals surface area contributed by atoms with Crippen molar-refractivity contribution >= 4 is 51.0 Å². The molecule has 1 aromatic heterocycles. The van der Waals surface area contributed by atoms with Crippen LogP contribution in [-0.4, -0.2) is 16.6 Å². The topological polar surface area (TPSA) is 33.2 Å². The first-order valence-corrected chi connectivity index (χ1v) is 8.29. The van der Waals surface area contributed by atoms with Crippen LogP contribution >= 0.6 is 39.3 Å². The number of hydrogen-bond acceptors (Lipinski definition) is 3. The van der Waals surface area contributed by atoms with Gasteiger partial charge in [-0.15, -0.1) is 11.8 Å². The second kappa shape index (κ2) is 5.94. The predicted molar refractivity (Wildman–Crippen MR) is 86.0 cm³/mol. The van der Waals surface area contributed by atoms with Crippen LogP contribution in [0.2, 0.25) is 5.02 Å². The van der Waals surface area contributed by atoms with E-state index in [2.05, 4.69) is 20.9 Å². The van der Waals surface area contributed by atoms with E-state index in [4.69, 9.17) is 11.6 Å². The number of halogens is 3. The van der Waals surface area contributed by atoms with Gasteiger partial charge in [0.25, 0.3) is 0 Å². The SMILES string of the molecule is O=C1CSC(c2c(F)cccc2Cl)N1c1ccc(Br)cn1. The number of nitrogens with zero attached hydrogens (tertiary/aromatic N) is 2. The van der Waals surface area contributed by atoms with Crippen molar-refractivity contribution in [3.8, 4) is 0 Å². The first kappa shape index (κ1) is 14.8. The van der Waals surface area contributed by atoms with E-state index < -0.39 is 11.2 Å². The van der Waals surface area contributed by atoms with E-state index in [1.54, 1.807) is 30.5 Å². The van der Waals surface area contributed by atoms with Gasteiger partial charge in [0.05, 0.1) is 5.75 Å². The van der Waals surface area contributed by atoms with Crippen molar-refractivity contribution in [2.24, 2.45) is 0 Å². The van der Waals surface area contributed by atoms with Gasteiger partial charge in [0.1, 0.15) is 17.0 Å². The molecule has 0 saturated carbocycles. The number of rotatable bonds is 2. The van der Waals surface area contributed by atoms with Crippen LogP contribution in [0.15, 0.2) is 41.0 Å². The highest BCUT2D eigenvalue weighted by molar-refractivity contribution is 9.10. The van der Waals surface area contributed by atoms with Crippen molar-refractivity contribution in [2.45, 2.75) is 5.37 Å². The normalized spacial score (nSPS) is 18.3. The zero-order valence-corrected chi connectivity index (χ0v) is 13.8. The number of hydrogen-bond donors (Lipinski definition) is 0. The summed E-state index contributed by atoms with van der Waals surface area (Å²) in [5, 5.41) is -0.191. The first-order chi connectivity index (χ1) is 10.1. The summed E-state index contributed by atoms with van der Waals surface area (Å²) >= 11 is 10.8. The summed E-state index contributed by atoms with van der Waals surface area (Å²) in [5.41, 5.74) is 0.319. The van der Waals surface area contributed by atoms with Gasteiger partial charge < -0.3 is 0 Å². The first-order valence-electron chi connectivity index (χ1n) is 6.07. The number of anilines is 1. The van der Waals surface area contributed by atoms with Crippen LogP contribution in [0.1, 0.15) is 10.9 Å². The molecule has 0 radical (unpaired) electrons. The molecular weight excluding hydrogens is 379 g/mol. The van der Waals surface area contributed by atoms with Gasteiger partial charge in [0, 0.05) is 21.3 Å². The van der Waals surface area contributed by atoms with E-state index in [0.717, 1.165) is 4.47 Å². The van der Waals surface area contributed by atoms with E-state index in [1.165, 1.54) is 22.7 Å². The van der Waals surface area contributed by atoms with Crippen LogP contribution < -0.4 is 4.90 Å². The number of pyridine rings is 1. The van der Waals surface area contributed by atoms with Crippen LogP contribution in [0.4, 0.5) is 10.2 Å². The Hall–Kier alpha value is -1.11. The molecule has 0 spiro atoms. The predicted octanol–water partition coefficient (Wildman–Crippen LogP) is 4.42. The van der Waals surface area contributed by atoms with Gasteiger partial charge in [-0.2, -0.15) is 0 Å². The molecule has 0 N–H and O–H groups in total. The standard InChI is InChI=1S/C14H9BrClFN2OS/c15-8-4-5-11(18-6-8)19-12(20)7-21-14(19)13-9(16)2-1-3-10(13)17/h1-6,14H,7H2. The van der Waals surface area contributed by atoms with Crippen molar-refractivity contribution < 1.29 is 9.18 Å². The van der Waals surface area contributed by atoms with E-state index in [1.807, 2.05) is 0 Å². The third kappa shape index (κ3) is 2.80. The van der Waals surface area contributed by atoms with Crippen LogP contribution in [0.3, 0.4) is 0 Å². The minimum Gasteiger partial charge on any atom is -0.279 e. The van der Waals surface area contributed by atoms with E-state index >= 15 is 0 Å². The van der Waals surface area contributed by atoms with Crippen molar-refractivity contribution in [1.29, 1.82) is 0 Å². The largest absolute Gasteiger partial charge is 0.279 e. The van der Waals surface area contributed by atoms with Crippen molar-refractivity contribution in [3.05, 3.63) is 57.4 Å². The number of amides is 1. The molecule has 2 aromatic rings. The number of thioether (sulfide) groups is 1. The highest BCUT2D eigenvalue weighted by atomic mass is 79.9. The van der Waals surface area contributed by atoms with E-state index in [-0.39, 0.29) is 11.7 Å². The van der Waals surface area contributed by atoms with Crippen molar-refractivity contribution in [1.82, 2.24) is 4.98 Å². The number of benzene rings is 1. The monoisotopic (exact) mass is 386 g/mol. The molecule has 1 atom stereocenters. The molecule has 0 aliphatic carbocycles. The molecule has 7 heteroatoms. The third-order valence-electron chi connectivity index (χ3n) is 3.07. The molecule has 1 amide bonds. The van der Waals surface area contributed by atoms with Crippen molar-refractivity contribution in [2.75, 3.05) is 10.7 Å². The average molecular weight is 388 g/mol. The summed E-state index contributed by atoms with van der Waals surface area (Å²) in [6.45, 7) is 0. The molecule has 3 rings (SSSR count). The molecule has 0 bridgehead atoms. The Morgan fingerprint density at radius 2 is 2.19 bits per heavy atom. The maximum absolute atomic E-state index is 14.1. The molecule has 1 fully saturated rings. The average Bonchev–Trinajstić information content (AvgIpc) is 2.82. The molecule has 1 unspecified atom stereocenters. The number of aromatic nitrogens is 1. The molecule has 1 aliphatic rings. The Morgan fingerprint density at radius 1 is 1.38 bits per heavy atom. The Balaban J connectivity index is 2.05. The summed E-state index contributed by atoms with van der Waals surface area (Å²) in [6, 6.07) is 8.02. The highest BCUT2D eigenvalue weighted by Gasteiger charge is 2.37. The number of carbonyl (C=O) groups excluding carboxylic acids is 1. The lowest BCUT2D eigenvalue weighted by molar-refractivity contribution is -0.115. The fourth-order valence-electron chi connectivity index (χ4n) is 2.14. The Kier molecular flexibility index (Phi) is 4.19. The quantitative estimate of drug-likeness (QED) is 0.765. The number of carbonyl (C=O) groups is 1. The minimum atomic E-state index is -0.500. The molecule has 1 aliphatic heterocycles.